The summed E-state index contributed by atoms with van der Waals surface area (Å²) in [5.41, 5.74) is -0.657. The highest BCUT2D eigenvalue weighted by molar-refractivity contribution is 5.03. The number of ether oxygens (including phenoxy) is 3. The molecule has 4 atom stereocenters. The van der Waals surface area contributed by atoms with Gasteiger partial charge in [0.1, 0.15) is 12.2 Å². The van der Waals surface area contributed by atoms with Gasteiger partial charge in [-0.1, -0.05) is 13.8 Å². The number of aromatic nitrogens is 2. The third kappa shape index (κ3) is 3.72. The Morgan fingerprint density at radius 1 is 1.39 bits per heavy atom. The zero-order chi connectivity index (χ0) is 17.1. The number of H-pyrrole nitrogens is 1. The molecule has 2 rings (SSSR count). The van der Waals surface area contributed by atoms with E-state index in [-0.39, 0.29) is 12.5 Å². The molecule has 2 heterocycles. The molecule has 1 aliphatic heterocycles. The van der Waals surface area contributed by atoms with Crippen LogP contribution in [0.1, 0.15) is 25.6 Å². The molecule has 0 aromatic carbocycles. The maximum Gasteiger partial charge on any atom is 0.330 e. The zero-order valence-electron chi connectivity index (χ0n) is 13.8. The number of nitrogens with one attached hydrogen (secondary N) is 1. The molecule has 0 radical (unpaired) electrons. The molecule has 23 heavy (non-hydrogen) atoms. The van der Waals surface area contributed by atoms with Crippen LogP contribution in [0.15, 0.2) is 15.8 Å². The van der Waals surface area contributed by atoms with Crippen LogP contribution >= 0.6 is 0 Å². The van der Waals surface area contributed by atoms with Gasteiger partial charge < -0.3 is 19.3 Å². The SMILES string of the molecule is COCCO[C@@H]1[C@H](O)[C@@H](C(C)C)O[C@H]1n1cc(C)c(=O)[nH]c1=O. The van der Waals surface area contributed by atoms with Crippen molar-refractivity contribution >= 4 is 0 Å². The highest BCUT2D eigenvalue weighted by Crippen LogP contribution is 2.34. The summed E-state index contributed by atoms with van der Waals surface area (Å²) in [6, 6.07) is 0. The number of methoxy groups -OCH3 is 1. The molecule has 0 amide bonds. The van der Waals surface area contributed by atoms with Gasteiger partial charge in [0.15, 0.2) is 6.23 Å². The van der Waals surface area contributed by atoms with Gasteiger partial charge in [-0.05, 0) is 12.8 Å². The van der Waals surface area contributed by atoms with Crippen LogP contribution in [0.4, 0.5) is 0 Å². The Labute approximate surface area is 134 Å². The molecule has 0 unspecified atom stereocenters. The molecule has 1 aromatic rings. The predicted molar refractivity (Wildman–Crippen MR) is 82.4 cm³/mol. The summed E-state index contributed by atoms with van der Waals surface area (Å²) in [5.74, 6) is 0.0445. The van der Waals surface area contributed by atoms with E-state index in [0.717, 1.165) is 0 Å². The van der Waals surface area contributed by atoms with Gasteiger partial charge in [-0.15, -0.1) is 0 Å². The van der Waals surface area contributed by atoms with Gasteiger partial charge in [0.25, 0.3) is 5.56 Å². The standard InChI is InChI=1S/C15H24N2O6/c1-8(2)11-10(18)12(22-6-5-21-4)14(23-11)17-7-9(3)13(19)16-15(17)20/h7-8,10-12,14,18H,5-6H2,1-4H3,(H,16,19,20)/t10-,11-,12-,14-/m1/s1. The van der Waals surface area contributed by atoms with Crippen molar-refractivity contribution in [1.82, 2.24) is 9.55 Å². The van der Waals surface area contributed by atoms with Crippen LogP contribution in [0, 0.1) is 12.8 Å². The quantitative estimate of drug-likeness (QED) is 0.701. The highest BCUT2D eigenvalue weighted by Gasteiger charge is 2.47. The first-order chi connectivity index (χ1) is 10.9. The molecule has 8 nitrogen and oxygen atoms in total. The largest absolute Gasteiger partial charge is 0.387 e. The Kier molecular flexibility index (Phi) is 5.74. The average Bonchev–Trinajstić information content (AvgIpc) is 2.81. The molecule has 0 saturated carbocycles. The minimum Gasteiger partial charge on any atom is -0.387 e. The monoisotopic (exact) mass is 328 g/mol. The smallest absolute Gasteiger partial charge is 0.330 e. The second-order valence-electron chi connectivity index (χ2n) is 6.03. The Bertz CT molecular complexity index is 638. The number of aromatic amines is 1. The molecular weight excluding hydrogens is 304 g/mol. The van der Waals surface area contributed by atoms with E-state index in [0.29, 0.717) is 12.2 Å². The topological polar surface area (TPSA) is 103 Å². The average molecular weight is 328 g/mol. The normalized spacial score (nSPS) is 27.7. The molecule has 0 spiro atoms. The Morgan fingerprint density at radius 3 is 2.70 bits per heavy atom. The van der Waals surface area contributed by atoms with Crippen molar-refractivity contribution in [3.63, 3.8) is 0 Å². The van der Waals surface area contributed by atoms with E-state index in [1.807, 2.05) is 13.8 Å². The minimum absolute atomic E-state index is 0.0445. The number of rotatable bonds is 6. The maximum absolute atomic E-state index is 12.1. The van der Waals surface area contributed by atoms with Crippen molar-refractivity contribution in [1.29, 1.82) is 0 Å². The Hall–Kier alpha value is -1.48. The second kappa shape index (κ2) is 7.39. The van der Waals surface area contributed by atoms with Crippen LogP contribution in [0.25, 0.3) is 0 Å². The fourth-order valence-electron chi connectivity index (χ4n) is 2.67. The summed E-state index contributed by atoms with van der Waals surface area (Å²) in [4.78, 5) is 25.9. The molecule has 0 bridgehead atoms. The summed E-state index contributed by atoms with van der Waals surface area (Å²) in [7, 11) is 1.55. The summed E-state index contributed by atoms with van der Waals surface area (Å²) in [5, 5.41) is 10.5. The molecule has 8 heteroatoms. The lowest BCUT2D eigenvalue weighted by atomic mass is 10.0. The highest BCUT2D eigenvalue weighted by atomic mass is 16.6. The van der Waals surface area contributed by atoms with Gasteiger partial charge in [0.2, 0.25) is 0 Å². The lowest BCUT2D eigenvalue weighted by molar-refractivity contribution is -0.0819. The summed E-state index contributed by atoms with van der Waals surface area (Å²) in [6.07, 6.45) is -1.45. The van der Waals surface area contributed by atoms with Crippen LogP contribution in [0.5, 0.6) is 0 Å². The fourth-order valence-corrected chi connectivity index (χ4v) is 2.67. The Balaban J connectivity index is 2.34. The fraction of sp³-hybridized carbons (Fsp3) is 0.733. The molecule has 2 N–H and O–H groups in total. The van der Waals surface area contributed by atoms with Crippen molar-refractivity contribution in [3.05, 3.63) is 32.6 Å². The van der Waals surface area contributed by atoms with E-state index in [1.54, 1.807) is 14.0 Å². The van der Waals surface area contributed by atoms with Gasteiger partial charge in [-0.3, -0.25) is 14.3 Å². The van der Waals surface area contributed by atoms with Gasteiger partial charge in [-0.25, -0.2) is 4.79 Å². The third-order valence-corrected chi connectivity index (χ3v) is 3.93. The first kappa shape index (κ1) is 17.9. The second-order valence-corrected chi connectivity index (χ2v) is 6.03. The van der Waals surface area contributed by atoms with E-state index in [2.05, 4.69) is 4.98 Å². The van der Waals surface area contributed by atoms with Crippen molar-refractivity contribution in [3.8, 4) is 0 Å². The first-order valence-corrected chi connectivity index (χ1v) is 7.63. The number of hydrogen-bond acceptors (Lipinski definition) is 6. The number of aryl methyl sites for hydroxylation is 1. The van der Waals surface area contributed by atoms with Gasteiger partial charge in [-0.2, -0.15) is 0 Å². The van der Waals surface area contributed by atoms with Crippen LogP contribution in [-0.2, 0) is 14.2 Å². The van der Waals surface area contributed by atoms with Crippen LogP contribution in [0.3, 0.4) is 0 Å². The van der Waals surface area contributed by atoms with Crippen LogP contribution in [0.2, 0.25) is 0 Å². The van der Waals surface area contributed by atoms with Gasteiger partial charge in [0, 0.05) is 18.9 Å². The van der Waals surface area contributed by atoms with Crippen LogP contribution in [-0.4, -0.2) is 53.3 Å². The van der Waals surface area contributed by atoms with E-state index >= 15 is 0 Å². The maximum atomic E-state index is 12.1. The van der Waals surface area contributed by atoms with E-state index in [9.17, 15) is 14.7 Å². The van der Waals surface area contributed by atoms with E-state index < -0.39 is 35.8 Å². The van der Waals surface area contributed by atoms with Crippen LogP contribution < -0.4 is 11.2 Å². The molecule has 1 saturated heterocycles. The Morgan fingerprint density at radius 2 is 2.09 bits per heavy atom. The van der Waals surface area contributed by atoms with E-state index in [4.69, 9.17) is 14.2 Å². The zero-order valence-corrected chi connectivity index (χ0v) is 13.8. The van der Waals surface area contributed by atoms with Gasteiger partial charge in [0.05, 0.1) is 19.3 Å². The minimum atomic E-state index is -0.879. The van der Waals surface area contributed by atoms with E-state index in [1.165, 1.54) is 10.8 Å². The summed E-state index contributed by atoms with van der Waals surface area (Å²) >= 11 is 0. The molecule has 1 fully saturated rings. The molecule has 0 aliphatic carbocycles. The number of hydrogen-bond donors (Lipinski definition) is 2. The predicted octanol–water partition coefficient (Wildman–Crippen LogP) is -0.209. The van der Waals surface area contributed by atoms with Crippen molar-refractivity contribution in [2.75, 3.05) is 20.3 Å². The number of nitrogens with zero attached hydrogens (tertiary/aromatic N) is 1. The molecule has 1 aliphatic rings. The summed E-state index contributed by atoms with van der Waals surface area (Å²) < 4.78 is 17.8. The molecular formula is C15H24N2O6. The number of aliphatic hydroxyl groups is 1. The molecule has 130 valence electrons. The van der Waals surface area contributed by atoms with Gasteiger partial charge >= 0.3 is 5.69 Å². The lowest BCUT2D eigenvalue weighted by Crippen LogP contribution is -2.40. The third-order valence-electron chi connectivity index (χ3n) is 3.93. The summed E-state index contributed by atoms with van der Waals surface area (Å²) in [6.45, 7) is 6.06. The van der Waals surface area contributed by atoms with Crippen molar-refractivity contribution < 1.29 is 19.3 Å². The first-order valence-electron chi connectivity index (χ1n) is 7.63. The number of aliphatic hydroxyl groups excluding tert-OH is 1. The lowest BCUT2D eigenvalue weighted by Gasteiger charge is -2.22. The molecule has 1 aromatic heterocycles. The van der Waals surface area contributed by atoms with Crippen molar-refractivity contribution in [2.45, 2.75) is 45.3 Å². The van der Waals surface area contributed by atoms with Crippen molar-refractivity contribution in [2.24, 2.45) is 5.92 Å².